The van der Waals surface area contributed by atoms with E-state index in [9.17, 15) is 4.79 Å². The van der Waals surface area contributed by atoms with Gasteiger partial charge in [0.1, 0.15) is 12.0 Å². The molecule has 0 saturated heterocycles. The van der Waals surface area contributed by atoms with Gasteiger partial charge in [-0.05, 0) is 31.0 Å². The Bertz CT molecular complexity index is 703. The van der Waals surface area contributed by atoms with Crippen LogP contribution in [0, 0.1) is 6.92 Å². The molecule has 0 fully saturated rings. The van der Waals surface area contributed by atoms with Crippen molar-refractivity contribution < 1.29 is 9.53 Å². The quantitative estimate of drug-likeness (QED) is 0.579. The Morgan fingerprint density at radius 3 is 2.71 bits per heavy atom. The molecule has 126 valence electrons. The number of amides is 2. The highest BCUT2D eigenvalue weighted by atomic mass is 16.5. The van der Waals surface area contributed by atoms with E-state index in [-0.39, 0.29) is 5.96 Å². The fraction of sp³-hybridized carbons (Fsp3) is 0.235. The number of hydrogen-bond donors (Lipinski definition) is 3. The molecule has 0 bridgehead atoms. The van der Waals surface area contributed by atoms with E-state index in [2.05, 4.69) is 20.6 Å². The van der Waals surface area contributed by atoms with Crippen molar-refractivity contribution in [3.63, 3.8) is 0 Å². The number of carbonyl (C=O) groups excluding carboxylic acids is 1. The highest BCUT2D eigenvalue weighted by molar-refractivity contribution is 6.03. The van der Waals surface area contributed by atoms with Crippen molar-refractivity contribution in [2.24, 2.45) is 10.7 Å². The maximum absolute atomic E-state index is 11.2. The lowest BCUT2D eigenvalue weighted by atomic mass is 10.2. The lowest BCUT2D eigenvalue weighted by Crippen LogP contribution is -2.40. The molecule has 0 spiro atoms. The number of aliphatic imine (C=N–C) groups is 1. The molecule has 1 atom stereocenters. The van der Waals surface area contributed by atoms with Gasteiger partial charge in [-0.3, -0.25) is 5.32 Å². The van der Waals surface area contributed by atoms with E-state index in [4.69, 9.17) is 10.5 Å². The second-order valence-corrected chi connectivity index (χ2v) is 5.16. The minimum absolute atomic E-state index is 0.185. The number of urea groups is 1. The maximum Gasteiger partial charge on any atom is 0.318 e. The second-order valence-electron chi connectivity index (χ2n) is 5.16. The van der Waals surface area contributed by atoms with Crippen LogP contribution in [0.4, 0.5) is 10.6 Å². The van der Waals surface area contributed by atoms with Crippen LogP contribution in [0.2, 0.25) is 0 Å². The summed E-state index contributed by atoms with van der Waals surface area (Å²) in [6, 6.07) is 12.8. The summed E-state index contributed by atoms with van der Waals surface area (Å²) < 4.78 is 5.67. The Morgan fingerprint density at radius 2 is 2.04 bits per heavy atom. The summed E-state index contributed by atoms with van der Waals surface area (Å²) in [5, 5.41) is 5.40. The van der Waals surface area contributed by atoms with Gasteiger partial charge < -0.3 is 15.8 Å². The monoisotopic (exact) mass is 327 g/mol. The van der Waals surface area contributed by atoms with Gasteiger partial charge >= 0.3 is 6.03 Å². The van der Waals surface area contributed by atoms with Crippen molar-refractivity contribution in [1.82, 2.24) is 10.3 Å². The van der Waals surface area contributed by atoms with E-state index in [1.165, 1.54) is 0 Å². The minimum Gasteiger partial charge on any atom is -0.352 e. The molecular weight excluding hydrogens is 306 g/mol. The van der Waals surface area contributed by atoms with Crippen LogP contribution in [-0.2, 0) is 11.3 Å². The second kappa shape index (κ2) is 8.64. The molecule has 2 aromatic rings. The number of aryl methyl sites for hydroxylation is 1. The molecule has 2 rings (SSSR count). The number of nitrogens with two attached hydrogens (primary N) is 1. The van der Waals surface area contributed by atoms with Crippen LogP contribution < -0.4 is 16.4 Å². The predicted octanol–water partition coefficient (Wildman–Crippen LogP) is 2.39. The Hall–Kier alpha value is -2.93. The Labute approximate surface area is 141 Å². The summed E-state index contributed by atoms with van der Waals surface area (Å²) in [6.07, 6.45) is 1.16. The van der Waals surface area contributed by atoms with E-state index in [1.807, 2.05) is 49.4 Å². The predicted molar refractivity (Wildman–Crippen MR) is 93.4 cm³/mol. The van der Waals surface area contributed by atoms with Gasteiger partial charge in [0.15, 0.2) is 0 Å². The summed E-state index contributed by atoms with van der Waals surface area (Å²) in [6.45, 7) is 4.09. The number of primary amides is 1. The van der Waals surface area contributed by atoms with E-state index >= 15 is 0 Å². The third-order valence-corrected chi connectivity index (χ3v) is 3.13. The largest absolute Gasteiger partial charge is 0.352 e. The first-order valence-electron chi connectivity index (χ1n) is 7.53. The third-order valence-electron chi connectivity index (χ3n) is 3.13. The van der Waals surface area contributed by atoms with E-state index in [0.29, 0.717) is 12.4 Å². The van der Waals surface area contributed by atoms with Crippen molar-refractivity contribution in [1.29, 1.82) is 0 Å². The van der Waals surface area contributed by atoms with Crippen LogP contribution in [0.5, 0.6) is 0 Å². The lowest BCUT2D eigenvalue weighted by Gasteiger charge is -2.14. The molecule has 4 N–H and O–H groups in total. The molecule has 0 aliphatic carbocycles. The molecule has 0 radical (unpaired) electrons. The first-order valence-corrected chi connectivity index (χ1v) is 7.53. The molecule has 1 aromatic heterocycles. The number of nitrogens with zero attached hydrogens (tertiary/aromatic N) is 2. The van der Waals surface area contributed by atoms with E-state index in [0.717, 1.165) is 11.1 Å². The average molecular weight is 327 g/mol. The number of anilines is 1. The van der Waals surface area contributed by atoms with Crippen molar-refractivity contribution >= 4 is 17.8 Å². The van der Waals surface area contributed by atoms with E-state index < -0.39 is 12.3 Å². The highest BCUT2D eigenvalue weighted by Gasteiger charge is 2.09. The number of ether oxygens (including phenoxy) is 1. The number of rotatable bonds is 5. The van der Waals surface area contributed by atoms with Crippen molar-refractivity contribution in [3.05, 3.63) is 59.8 Å². The zero-order chi connectivity index (χ0) is 17.4. The summed E-state index contributed by atoms with van der Waals surface area (Å²) in [5.41, 5.74) is 7.14. The fourth-order valence-electron chi connectivity index (χ4n) is 1.95. The molecule has 1 unspecified atom stereocenters. The Kier molecular flexibility index (Phi) is 6.27. The van der Waals surface area contributed by atoms with Gasteiger partial charge in [-0.2, -0.15) is 0 Å². The third kappa shape index (κ3) is 5.69. The zero-order valence-corrected chi connectivity index (χ0v) is 13.7. The SMILES string of the molecule is Cc1cccnc1N/C(=N/C(C)OCc1ccccc1)NC(N)=O. The first kappa shape index (κ1) is 17.4. The molecule has 7 nitrogen and oxygen atoms in total. The van der Waals surface area contributed by atoms with Gasteiger partial charge in [-0.15, -0.1) is 0 Å². The van der Waals surface area contributed by atoms with Crippen molar-refractivity contribution in [3.8, 4) is 0 Å². The summed E-state index contributed by atoms with van der Waals surface area (Å²) >= 11 is 0. The van der Waals surface area contributed by atoms with Crippen molar-refractivity contribution in [2.45, 2.75) is 26.7 Å². The lowest BCUT2D eigenvalue weighted by molar-refractivity contribution is 0.0592. The number of nitrogens with one attached hydrogen (secondary N) is 2. The normalized spacial score (nSPS) is 12.5. The first-order chi connectivity index (χ1) is 11.5. The van der Waals surface area contributed by atoms with Gasteiger partial charge in [0, 0.05) is 6.20 Å². The number of guanidine groups is 1. The standard InChI is InChI=1S/C17H21N5O2/c1-12-7-6-10-19-15(12)21-17(22-16(18)23)20-13(2)24-11-14-8-4-3-5-9-14/h3-10,13H,11H2,1-2H3,(H4,18,19,20,21,22,23). The number of pyridine rings is 1. The van der Waals surface area contributed by atoms with Gasteiger partial charge in [-0.25, -0.2) is 14.8 Å². The number of aromatic nitrogens is 1. The number of hydrogen-bond acceptors (Lipinski definition) is 4. The summed E-state index contributed by atoms with van der Waals surface area (Å²) in [4.78, 5) is 19.7. The average Bonchev–Trinajstić information content (AvgIpc) is 2.55. The van der Waals surface area contributed by atoms with Crippen LogP contribution >= 0.6 is 0 Å². The van der Waals surface area contributed by atoms with Crippen LogP contribution in [0.15, 0.2) is 53.7 Å². The summed E-state index contributed by atoms with van der Waals surface area (Å²) in [5.74, 6) is 0.769. The Morgan fingerprint density at radius 1 is 1.29 bits per heavy atom. The molecule has 0 saturated carbocycles. The van der Waals surface area contributed by atoms with Crippen molar-refractivity contribution in [2.75, 3.05) is 5.32 Å². The number of benzene rings is 1. The highest BCUT2D eigenvalue weighted by Crippen LogP contribution is 2.09. The molecule has 7 heteroatoms. The fourth-order valence-corrected chi connectivity index (χ4v) is 1.95. The van der Waals surface area contributed by atoms with Gasteiger partial charge in [0.2, 0.25) is 5.96 Å². The van der Waals surface area contributed by atoms with Gasteiger partial charge in [0.25, 0.3) is 0 Å². The number of carbonyl (C=O) groups is 1. The molecule has 1 heterocycles. The zero-order valence-electron chi connectivity index (χ0n) is 13.7. The molecular formula is C17H21N5O2. The topological polar surface area (TPSA) is 102 Å². The smallest absolute Gasteiger partial charge is 0.318 e. The Balaban J connectivity index is 2.04. The molecule has 2 amide bonds. The molecule has 0 aliphatic heterocycles. The maximum atomic E-state index is 11.2. The van der Waals surface area contributed by atoms with Gasteiger partial charge in [-0.1, -0.05) is 36.4 Å². The van der Waals surface area contributed by atoms with E-state index in [1.54, 1.807) is 13.1 Å². The summed E-state index contributed by atoms with van der Waals surface area (Å²) in [7, 11) is 0. The molecule has 1 aromatic carbocycles. The van der Waals surface area contributed by atoms with Gasteiger partial charge in [0.05, 0.1) is 6.61 Å². The van der Waals surface area contributed by atoms with Crippen LogP contribution in [0.25, 0.3) is 0 Å². The van der Waals surface area contributed by atoms with Crippen LogP contribution in [0.1, 0.15) is 18.1 Å². The molecule has 24 heavy (non-hydrogen) atoms. The molecule has 0 aliphatic rings. The van der Waals surface area contributed by atoms with Crippen LogP contribution in [-0.4, -0.2) is 23.2 Å². The van der Waals surface area contributed by atoms with Crippen LogP contribution in [0.3, 0.4) is 0 Å². The minimum atomic E-state index is -0.718.